The third-order valence-corrected chi connectivity index (χ3v) is 6.24. The Labute approximate surface area is 128 Å². The van der Waals surface area contributed by atoms with Gasteiger partial charge in [0.2, 0.25) is 0 Å². The molecule has 21 heavy (non-hydrogen) atoms. The van der Waals surface area contributed by atoms with Gasteiger partial charge >= 0.3 is 0 Å². The van der Waals surface area contributed by atoms with E-state index in [2.05, 4.69) is 37.1 Å². The fourth-order valence-electron chi connectivity index (χ4n) is 3.50. The molecular formula is C15H27N3O2S. The molecule has 1 N–H and O–H groups in total. The molecule has 2 fully saturated rings. The Morgan fingerprint density at radius 3 is 2.14 bits per heavy atom. The van der Waals surface area contributed by atoms with Gasteiger partial charge in [-0.1, -0.05) is 0 Å². The SMILES string of the molecule is CC(C)(C)NC1(C#N)CCN(C2CCS(=O)(=O)CC2)CC1. The highest BCUT2D eigenvalue weighted by Gasteiger charge is 2.39. The van der Waals surface area contributed by atoms with Gasteiger partial charge < -0.3 is 4.90 Å². The molecule has 5 nitrogen and oxygen atoms in total. The Kier molecular flexibility index (Phi) is 4.67. The van der Waals surface area contributed by atoms with Gasteiger partial charge in [0, 0.05) is 24.7 Å². The zero-order valence-corrected chi connectivity index (χ0v) is 14.2. The molecule has 6 heteroatoms. The minimum absolute atomic E-state index is 0.0726. The van der Waals surface area contributed by atoms with Gasteiger partial charge in [0.25, 0.3) is 0 Å². The minimum Gasteiger partial charge on any atom is -0.300 e. The van der Waals surface area contributed by atoms with Crippen molar-refractivity contribution in [3.8, 4) is 6.07 Å². The third-order valence-electron chi connectivity index (χ3n) is 4.52. The van der Waals surface area contributed by atoms with Crippen molar-refractivity contribution < 1.29 is 8.42 Å². The first-order chi connectivity index (χ1) is 9.65. The summed E-state index contributed by atoms with van der Waals surface area (Å²) < 4.78 is 23.0. The van der Waals surface area contributed by atoms with Gasteiger partial charge in [-0.05, 0) is 46.5 Å². The molecule has 120 valence electrons. The number of piperidine rings is 1. The van der Waals surface area contributed by atoms with Crippen LogP contribution >= 0.6 is 0 Å². The second-order valence-electron chi connectivity index (χ2n) is 7.49. The van der Waals surface area contributed by atoms with Crippen LogP contribution in [0.5, 0.6) is 0 Å². The quantitative estimate of drug-likeness (QED) is 0.832. The Morgan fingerprint density at radius 2 is 1.71 bits per heavy atom. The fraction of sp³-hybridized carbons (Fsp3) is 0.933. The van der Waals surface area contributed by atoms with E-state index in [-0.39, 0.29) is 5.54 Å². The highest BCUT2D eigenvalue weighted by molar-refractivity contribution is 7.91. The summed E-state index contributed by atoms with van der Waals surface area (Å²) in [5, 5.41) is 13.0. The summed E-state index contributed by atoms with van der Waals surface area (Å²) in [7, 11) is -2.80. The van der Waals surface area contributed by atoms with Crippen molar-refractivity contribution in [1.29, 1.82) is 5.26 Å². The predicted octanol–water partition coefficient (Wildman–Crippen LogP) is 1.31. The lowest BCUT2D eigenvalue weighted by molar-refractivity contribution is 0.103. The molecule has 0 spiro atoms. The Balaban J connectivity index is 1.92. The van der Waals surface area contributed by atoms with Crippen LogP contribution in [0.1, 0.15) is 46.5 Å². The maximum Gasteiger partial charge on any atom is 0.150 e. The van der Waals surface area contributed by atoms with Gasteiger partial charge in [-0.25, -0.2) is 8.42 Å². The normalized spacial score (nSPS) is 27.1. The molecule has 0 radical (unpaired) electrons. The molecule has 0 unspecified atom stereocenters. The molecule has 0 aromatic heterocycles. The van der Waals surface area contributed by atoms with Crippen molar-refractivity contribution in [3.63, 3.8) is 0 Å². The molecule has 2 rings (SSSR count). The molecule has 0 saturated carbocycles. The van der Waals surface area contributed by atoms with Gasteiger partial charge in [-0.3, -0.25) is 5.32 Å². The third kappa shape index (κ3) is 4.41. The first-order valence-electron chi connectivity index (χ1n) is 7.80. The van der Waals surface area contributed by atoms with Gasteiger partial charge in [0.15, 0.2) is 0 Å². The molecule has 0 bridgehead atoms. The van der Waals surface area contributed by atoms with Crippen molar-refractivity contribution in [3.05, 3.63) is 0 Å². The summed E-state index contributed by atoms with van der Waals surface area (Å²) in [4.78, 5) is 2.38. The molecule has 0 aromatic carbocycles. The molecule has 0 aromatic rings. The van der Waals surface area contributed by atoms with E-state index in [0.29, 0.717) is 17.5 Å². The average molecular weight is 313 g/mol. The number of likely N-dealkylation sites (tertiary alicyclic amines) is 1. The number of hydrogen-bond acceptors (Lipinski definition) is 5. The standard InChI is InChI=1S/C15H27N3O2S/c1-14(2,3)17-15(12-16)6-8-18(9-7-15)13-4-10-21(19,20)11-5-13/h13,17H,4-11H2,1-3H3. The predicted molar refractivity (Wildman–Crippen MR) is 83.7 cm³/mol. The lowest BCUT2D eigenvalue weighted by atomic mass is 9.85. The minimum atomic E-state index is -2.80. The Bertz CT molecular complexity index is 494. The second kappa shape index (κ2) is 5.86. The summed E-state index contributed by atoms with van der Waals surface area (Å²) in [5.74, 6) is 0.635. The zero-order valence-electron chi connectivity index (χ0n) is 13.4. The van der Waals surface area contributed by atoms with E-state index in [1.807, 2.05) is 0 Å². The fourth-order valence-corrected chi connectivity index (χ4v) is 4.96. The van der Waals surface area contributed by atoms with Crippen LogP contribution in [0, 0.1) is 11.3 Å². The summed E-state index contributed by atoms with van der Waals surface area (Å²) >= 11 is 0. The van der Waals surface area contributed by atoms with Crippen LogP contribution in [0.4, 0.5) is 0 Å². The number of sulfone groups is 1. The second-order valence-corrected chi connectivity index (χ2v) is 9.79. The monoisotopic (exact) mass is 313 g/mol. The highest BCUT2D eigenvalue weighted by Crippen LogP contribution is 2.28. The number of nitrogens with one attached hydrogen (secondary N) is 1. The highest BCUT2D eigenvalue weighted by atomic mass is 32.2. The molecule has 2 aliphatic rings. The molecule has 0 aliphatic carbocycles. The molecule has 2 saturated heterocycles. The van der Waals surface area contributed by atoms with Crippen LogP contribution in [-0.2, 0) is 9.84 Å². The molecule has 0 amide bonds. The van der Waals surface area contributed by atoms with E-state index < -0.39 is 15.4 Å². The number of hydrogen-bond donors (Lipinski definition) is 1. The largest absolute Gasteiger partial charge is 0.300 e. The van der Waals surface area contributed by atoms with E-state index in [9.17, 15) is 13.7 Å². The molecule has 0 atom stereocenters. The lowest BCUT2D eigenvalue weighted by Gasteiger charge is -2.44. The number of rotatable bonds is 2. The zero-order chi connectivity index (χ0) is 15.7. The number of nitriles is 1. The van der Waals surface area contributed by atoms with Crippen molar-refractivity contribution in [2.75, 3.05) is 24.6 Å². The van der Waals surface area contributed by atoms with E-state index in [1.165, 1.54) is 0 Å². The Morgan fingerprint density at radius 1 is 1.19 bits per heavy atom. The summed E-state index contributed by atoms with van der Waals surface area (Å²) in [6, 6.07) is 2.85. The molecular weight excluding hydrogens is 286 g/mol. The van der Waals surface area contributed by atoms with Crippen molar-refractivity contribution in [2.45, 2.75) is 63.6 Å². The van der Waals surface area contributed by atoms with Gasteiger partial charge in [0.1, 0.15) is 15.4 Å². The van der Waals surface area contributed by atoms with Gasteiger partial charge in [-0.2, -0.15) is 5.26 Å². The van der Waals surface area contributed by atoms with Crippen LogP contribution in [0.25, 0.3) is 0 Å². The van der Waals surface area contributed by atoms with E-state index in [4.69, 9.17) is 0 Å². The van der Waals surface area contributed by atoms with Gasteiger partial charge in [-0.15, -0.1) is 0 Å². The molecule has 2 aliphatic heterocycles. The van der Waals surface area contributed by atoms with Crippen LogP contribution in [0.15, 0.2) is 0 Å². The molecule has 2 heterocycles. The summed E-state index contributed by atoms with van der Waals surface area (Å²) in [6.45, 7) is 8.02. The smallest absolute Gasteiger partial charge is 0.150 e. The van der Waals surface area contributed by atoms with E-state index in [1.54, 1.807) is 0 Å². The van der Waals surface area contributed by atoms with E-state index >= 15 is 0 Å². The first kappa shape index (κ1) is 16.7. The van der Waals surface area contributed by atoms with Crippen molar-refractivity contribution in [1.82, 2.24) is 10.2 Å². The number of nitrogens with zero attached hydrogens (tertiary/aromatic N) is 2. The van der Waals surface area contributed by atoms with Crippen LogP contribution in [0.3, 0.4) is 0 Å². The maximum absolute atomic E-state index is 11.5. The Hall–Kier alpha value is -0.640. The van der Waals surface area contributed by atoms with Crippen LogP contribution in [0.2, 0.25) is 0 Å². The topological polar surface area (TPSA) is 73.2 Å². The van der Waals surface area contributed by atoms with Crippen molar-refractivity contribution >= 4 is 9.84 Å². The summed E-state index contributed by atoms with van der Waals surface area (Å²) in [5.41, 5.74) is -0.508. The first-order valence-corrected chi connectivity index (χ1v) is 9.62. The van der Waals surface area contributed by atoms with Crippen LogP contribution < -0.4 is 5.32 Å². The lowest BCUT2D eigenvalue weighted by Crippen LogP contribution is -2.59. The van der Waals surface area contributed by atoms with Crippen molar-refractivity contribution in [2.24, 2.45) is 0 Å². The summed E-state index contributed by atoms with van der Waals surface area (Å²) in [6.07, 6.45) is 3.11. The van der Waals surface area contributed by atoms with Crippen LogP contribution in [-0.4, -0.2) is 55.0 Å². The maximum atomic E-state index is 11.5. The average Bonchev–Trinajstić information content (AvgIpc) is 2.38. The van der Waals surface area contributed by atoms with Gasteiger partial charge in [0.05, 0.1) is 17.6 Å². The van der Waals surface area contributed by atoms with E-state index in [0.717, 1.165) is 38.8 Å².